The molecule has 86 valence electrons. The molecule has 1 aromatic heterocycles. The van der Waals surface area contributed by atoms with E-state index in [-0.39, 0.29) is 24.0 Å². The predicted octanol–water partition coefficient (Wildman–Crippen LogP) is -0.0566. The topological polar surface area (TPSA) is 109 Å². The Labute approximate surface area is 94.4 Å². The molecule has 9 nitrogen and oxygen atoms in total. The number of likely N-dealkylation sites (N-methyl/N-ethyl adjacent to an activating group) is 1. The standard InChI is InChI=1S/C8H6N6O3/c1-13-2-5(16)14-3-9-6(7(14)11-12-13)8(17)10-4-15/h3H,2H2,1H3. The molecule has 0 radical (unpaired) electrons. The van der Waals surface area contributed by atoms with Gasteiger partial charge in [-0.2, -0.15) is 0 Å². The van der Waals surface area contributed by atoms with Gasteiger partial charge in [0.1, 0.15) is 12.9 Å². The smallest absolute Gasteiger partial charge is 0.272 e. The maximum Gasteiger partial charge on any atom is 0.310 e. The van der Waals surface area contributed by atoms with Gasteiger partial charge in [0, 0.05) is 7.05 Å². The van der Waals surface area contributed by atoms with Gasteiger partial charge >= 0.3 is 5.91 Å². The van der Waals surface area contributed by atoms with E-state index in [1.54, 1.807) is 7.05 Å². The molecule has 17 heavy (non-hydrogen) atoms. The van der Waals surface area contributed by atoms with E-state index < -0.39 is 5.91 Å². The molecule has 2 heterocycles. The van der Waals surface area contributed by atoms with Gasteiger partial charge in [-0.25, -0.2) is 14.3 Å². The summed E-state index contributed by atoms with van der Waals surface area (Å²) in [6.45, 7) is 0.0113. The molecule has 0 unspecified atom stereocenters. The maximum atomic E-state index is 11.7. The molecular weight excluding hydrogens is 228 g/mol. The Kier molecular flexibility index (Phi) is 2.59. The van der Waals surface area contributed by atoms with E-state index >= 15 is 0 Å². The SMILES string of the molecule is CN1CC(=O)n2cnc(C(=O)N=C=O)c2N=N1. The van der Waals surface area contributed by atoms with Gasteiger partial charge < -0.3 is 0 Å². The third-order valence-corrected chi connectivity index (χ3v) is 2.02. The van der Waals surface area contributed by atoms with Gasteiger partial charge in [0.15, 0.2) is 11.5 Å². The first-order chi connectivity index (χ1) is 8.13. The van der Waals surface area contributed by atoms with Crippen molar-refractivity contribution in [2.75, 3.05) is 13.6 Å². The number of imidazole rings is 1. The number of nitrogens with zero attached hydrogens (tertiary/aromatic N) is 6. The van der Waals surface area contributed by atoms with Crippen LogP contribution >= 0.6 is 0 Å². The van der Waals surface area contributed by atoms with Crippen LogP contribution in [0, 0.1) is 0 Å². The summed E-state index contributed by atoms with van der Waals surface area (Å²) in [4.78, 5) is 39.6. The van der Waals surface area contributed by atoms with Crippen molar-refractivity contribution in [3.05, 3.63) is 12.0 Å². The van der Waals surface area contributed by atoms with Crippen LogP contribution in [0.2, 0.25) is 0 Å². The Balaban J connectivity index is 2.53. The molecule has 1 amide bonds. The van der Waals surface area contributed by atoms with Crippen molar-refractivity contribution >= 4 is 23.7 Å². The number of aromatic nitrogens is 2. The number of aliphatic imine (C=N–C) groups is 1. The number of amides is 1. The highest BCUT2D eigenvalue weighted by Crippen LogP contribution is 2.21. The largest absolute Gasteiger partial charge is 0.310 e. The molecule has 0 aromatic carbocycles. The Morgan fingerprint density at radius 1 is 1.59 bits per heavy atom. The minimum atomic E-state index is -0.912. The maximum absolute atomic E-state index is 11.7. The first-order valence-electron chi connectivity index (χ1n) is 4.49. The van der Waals surface area contributed by atoms with E-state index in [0.717, 1.165) is 17.0 Å². The molecular formula is C8H6N6O3. The summed E-state index contributed by atoms with van der Waals surface area (Å²) >= 11 is 0. The summed E-state index contributed by atoms with van der Waals surface area (Å²) in [5.41, 5.74) is -0.208. The van der Waals surface area contributed by atoms with Crippen LogP contribution in [0.5, 0.6) is 0 Å². The van der Waals surface area contributed by atoms with Crippen LogP contribution < -0.4 is 0 Å². The fraction of sp³-hybridized carbons (Fsp3) is 0.250. The average molecular weight is 234 g/mol. The van der Waals surface area contributed by atoms with Crippen LogP contribution in [0.4, 0.5) is 5.82 Å². The quantitative estimate of drug-likeness (QED) is 0.499. The van der Waals surface area contributed by atoms with E-state index in [1.807, 2.05) is 0 Å². The molecule has 0 saturated carbocycles. The fourth-order valence-electron chi connectivity index (χ4n) is 1.29. The van der Waals surface area contributed by atoms with Gasteiger partial charge in [-0.15, -0.1) is 10.1 Å². The van der Waals surface area contributed by atoms with Crippen molar-refractivity contribution in [3.8, 4) is 0 Å². The first kappa shape index (κ1) is 10.8. The van der Waals surface area contributed by atoms with Gasteiger partial charge in [-0.05, 0) is 0 Å². The predicted molar refractivity (Wildman–Crippen MR) is 52.5 cm³/mol. The molecule has 1 aliphatic rings. The van der Waals surface area contributed by atoms with Crippen LogP contribution in [0.3, 0.4) is 0 Å². The molecule has 0 spiro atoms. The summed E-state index contributed by atoms with van der Waals surface area (Å²) in [6.07, 6.45) is 2.25. The molecule has 0 bridgehead atoms. The molecule has 2 rings (SSSR count). The lowest BCUT2D eigenvalue weighted by molar-refractivity contribution is 0.0873. The lowest BCUT2D eigenvalue weighted by Gasteiger charge is -2.05. The van der Waals surface area contributed by atoms with Crippen LogP contribution in [0.25, 0.3) is 0 Å². The van der Waals surface area contributed by atoms with Crippen LogP contribution in [-0.2, 0) is 4.79 Å². The molecule has 0 fully saturated rings. The number of hydrogen-bond acceptors (Lipinski definition) is 7. The summed E-state index contributed by atoms with van der Waals surface area (Å²) in [5, 5.41) is 8.69. The van der Waals surface area contributed by atoms with E-state index in [0.29, 0.717) is 0 Å². The van der Waals surface area contributed by atoms with Gasteiger partial charge in [-0.3, -0.25) is 14.6 Å². The summed E-state index contributed by atoms with van der Waals surface area (Å²) in [7, 11) is 1.56. The van der Waals surface area contributed by atoms with Crippen molar-refractivity contribution in [1.29, 1.82) is 0 Å². The highest BCUT2D eigenvalue weighted by atomic mass is 16.2. The lowest BCUT2D eigenvalue weighted by Crippen LogP contribution is -2.23. The second-order valence-corrected chi connectivity index (χ2v) is 3.19. The highest BCUT2D eigenvalue weighted by molar-refractivity contribution is 6.01. The van der Waals surface area contributed by atoms with E-state index in [1.165, 1.54) is 5.01 Å². The number of isocyanates is 1. The summed E-state index contributed by atoms with van der Waals surface area (Å²) < 4.78 is 1.08. The minimum Gasteiger partial charge on any atom is -0.272 e. The lowest BCUT2D eigenvalue weighted by atomic mass is 10.4. The van der Waals surface area contributed by atoms with Crippen molar-refractivity contribution < 1.29 is 14.4 Å². The zero-order valence-electron chi connectivity index (χ0n) is 8.69. The third-order valence-electron chi connectivity index (χ3n) is 2.02. The number of fused-ring (bicyclic) bond motifs is 1. The number of hydrogen-bond donors (Lipinski definition) is 0. The Hall–Kier alpha value is -2.67. The van der Waals surface area contributed by atoms with Crippen LogP contribution in [-0.4, -0.2) is 46.0 Å². The van der Waals surface area contributed by atoms with E-state index in [2.05, 4.69) is 20.3 Å². The zero-order valence-corrected chi connectivity index (χ0v) is 8.69. The summed E-state index contributed by atoms with van der Waals surface area (Å²) in [6, 6.07) is 0. The van der Waals surface area contributed by atoms with Gasteiger partial charge in [0.05, 0.1) is 0 Å². The van der Waals surface area contributed by atoms with Crippen molar-refractivity contribution in [1.82, 2.24) is 14.6 Å². The third kappa shape index (κ3) is 1.86. The van der Waals surface area contributed by atoms with Crippen molar-refractivity contribution in [2.45, 2.75) is 0 Å². The fourth-order valence-corrected chi connectivity index (χ4v) is 1.29. The minimum absolute atomic E-state index is 0.0113. The van der Waals surface area contributed by atoms with Gasteiger partial charge in [0.25, 0.3) is 5.91 Å². The molecule has 0 N–H and O–H groups in total. The Morgan fingerprint density at radius 2 is 2.35 bits per heavy atom. The monoisotopic (exact) mass is 234 g/mol. The number of carbonyl (C=O) groups excluding carboxylic acids is 3. The molecule has 9 heteroatoms. The van der Waals surface area contributed by atoms with Gasteiger partial charge in [0.2, 0.25) is 6.08 Å². The van der Waals surface area contributed by atoms with E-state index in [9.17, 15) is 14.4 Å². The normalized spacial score (nSPS) is 13.9. The van der Waals surface area contributed by atoms with Crippen LogP contribution in [0.15, 0.2) is 21.7 Å². The number of rotatable bonds is 1. The second kappa shape index (κ2) is 4.06. The molecule has 1 aliphatic heterocycles. The molecule has 0 atom stereocenters. The average Bonchev–Trinajstić information content (AvgIpc) is 2.64. The van der Waals surface area contributed by atoms with Crippen molar-refractivity contribution in [3.63, 3.8) is 0 Å². The zero-order chi connectivity index (χ0) is 12.4. The Morgan fingerprint density at radius 3 is 3.06 bits per heavy atom. The van der Waals surface area contributed by atoms with Crippen molar-refractivity contribution in [2.24, 2.45) is 15.3 Å². The molecule has 0 saturated heterocycles. The second-order valence-electron chi connectivity index (χ2n) is 3.19. The molecule has 0 aliphatic carbocycles. The highest BCUT2D eigenvalue weighted by Gasteiger charge is 2.24. The first-order valence-corrected chi connectivity index (χ1v) is 4.49. The molecule has 1 aromatic rings. The number of carbonyl (C=O) groups is 2. The Bertz CT molecular complexity index is 568. The summed E-state index contributed by atoms with van der Waals surface area (Å²) in [5.74, 6) is -1.29. The van der Waals surface area contributed by atoms with E-state index in [4.69, 9.17) is 0 Å². The van der Waals surface area contributed by atoms with Gasteiger partial charge in [-0.1, -0.05) is 5.22 Å². The van der Waals surface area contributed by atoms with Crippen LogP contribution in [0.1, 0.15) is 15.3 Å².